The van der Waals surface area contributed by atoms with Crippen molar-refractivity contribution in [3.63, 3.8) is 0 Å². The van der Waals surface area contributed by atoms with E-state index in [2.05, 4.69) is 19.2 Å². The molecule has 0 heterocycles. The SMILES string of the molecule is CC(C)CCNC(=O)c1cc(N)cc(N)c1. The van der Waals surface area contributed by atoms with E-state index in [0.29, 0.717) is 29.4 Å². The first-order valence-corrected chi connectivity index (χ1v) is 5.43. The van der Waals surface area contributed by atoms with Gasteiger partial charge in [-0.3, -0.25) is 4.79 Å². The molecule has 0 radical (unpaired) electrons. The molecule has 4 nitrogen and oxygen atoms in total. The summed E-state index contributed by atoms with van der Waals surface area (Å²) in [6, 6.07) is 4.88. The van der Waals surface area contributed by atoms with Crippen LogP contribution in [0.1, 0.15) is 30.6 Å². The zero-order valence-electron chi connectivity index (χ0n) is 9.79. The summed E-state index contributed by atoms with van der Waals surface area (Å²) in [4.78, 5) is 11.7. The molecule has 88 valence electrons. The summed E-state index contributed by atoms with van der Waals surface area (Å²) in [6.45, 7) is 4.90. The number of anilines is 2. The molecule has 0 atom stereocenters. The Morgan fingerprint density at radius 2 is 1.81 bits per heavy atom. The number of carbonyl (C=O) groups excluding carboxylic acids is 1. The minimum Gasteiger partial charge on any atom is -0.399 e. The topological polar surface area (TPSA) is 81.1 Å². The quantitative estimate of drug-likeness (QED) is 0.676. The molecule has 0 fully saturated rings. The summed E-state index contributed by atoms with van der Waals surface area (Å²) in [5.41, 5.74) is 12.8. The summed E-state index contributed by atoms with van der Waals surface area (Å²) in [5, 5.41) is 2.83. The number of nitrogen functional groups attached to an aromatic ring is 2. The first-order chi connectivity index (χ1) is 7.49. The molecular weight excluding hydrogens is 202 g/mol. The molecule has 0 aromatic heterocycles. The molecule has 1 amide bonds. The van der Waals surface area contributed by atoms with Crippen LogP contribution in [0, 0.1) is 5.92 Å². The third-order valence-electron chi connectivity index (χ3n) is 2.25. The van der Waals surface area contributed by atoms with E-state index in [1.165, 1.54) is 0 Å². The van der Waals surface area contributed by atoms with Crippen LogP contribution in [-0.4, -0.2) is 12.5 Å². The van der Waals surface area contributed by atoms with Crippen molar-refractivity contribution in [2.75, 3.05) is 18.0 Å². The standard InChI is InChI=1S/C12H19N3O/c1-8(2)3-4-15-12(16)9-5-10(13)7-11(14)6-9/h5-8H,3-4,13-14H2,1-2H3,(H,15,16). The summed E-state index contributed by atoms with van der Waals surface area (Å²) in [5.74, 6) is 0.450. The zero-order valence-corrected chi connectivity index (χ0v) is 9.79. The van der Waals surface area contributed by atoms with Crippen LogP contribution < -0.4 is 16.8 Å². The lowest BCUT2D eigenvalue weighted by Crippen LogP contribution is -2.25. The fourth-order valence-electron chi connectivity index (χ4n) is 1.38. The molecule has 1 aromatic rings. The van der Waals surface area contributed by atoms with Gasteiger partial charge in [-0.15, -0.1) is 0 Å². The van der Waals surface area contributed by atoms with E-state index in [1.807, 2.05) is 0 Å². The monoisotopic (exact) mass is 221 g/mol. The minimum atomic E-state index is -0.125. The number of benzene rings is 1. The summed E-state index contributed by atoms with van der Waals surface area (Å²) >= 11 is 0. The molecule has 4 heteroatoms. The lowest BCUT2D eigenvalue weighted by atomic mass is 10.1. The molecule has 0 aliphatic heterocycles. The van der Waals surface area contributed by atoms with Crippen LogP contribution in [0.4, 0.5) is 11.4 Å². The Bertz CT molecular complexity index is 354. The van der Waals surface area contributed by atoms with Crippen LogP contribution in [0.25, 0.3) is 0 Å². The molecule has 5 N–H and O–H groups in total. The minimum absolute atomic E-state index is 0.125. The number of hydrogen-bond acceptors (Lipinski definition) is 3. The van der Waals surface area contributed by atoms with Crippen molar-refractivity contribution >= 4 is 17.3 Å². The summed E-state index contributed by atoms with van der Waals surface area (Å²) in [6.07, 6.45) is 0.962. The van der Waals surface area contributed by atoms with Gasteiger partial charge < -0.3 is 16.8 Å². The third-order valence-corrected chi connectivity index (χ3v) is 2.25. The Labute approximate surface area is 96.0 Å². The van der Waals surface area contributed by atoms with E-state index in [9.17, 15) is 4.79 Å². The highest BCUT2D eigenvalue weighted by Gasteiger charge is 2.06. The Morgan fingerprint density at radius 3 is 2.31 bits per heavy atom. The van der Waals surface area contributed by atoms with Crippen LogP contribution in [0.5, 0.6) is 0 Å². The largest absolute Gasteiger partial charge is 0.399 e. The van der Waals surface area contributed by atoms with Gasteiger partial charge in [-0.2, -0.15) is 0 Å². The molecule has 1 rings (SSSR count). The van der Waals surface area contributed by atoms with Crippen molar-refractivity contribution in [2.24, 2.45) is 5.92 Å². The van der Waals surface area contributed by atoms with Gasteiger partial charge in [0.05, 0.1) is 0 Å². The van der Waals surface area contributed by atoms with Crippen LogP contribution in [0.2, 0.25) is 0 Å². The second-order valence-corrected chi connectivity index (χ2v) is 4.33. The molecule has 1 aromatic carbocycles. The first kappa shape index (κ1) is 12.4. The normalized spacial score (nSPS) is 10.4. The van der Waals surface area contributed by atoms with Crippen LogP contribution in [-0.2, 0) is 0 Å². The van der Waals surface area contributed by atoms with Gasteiger partial charge in [0.2, 0.25) is 0 Å². The molecule has 0 aliphatic carbocycles. The van der Waals surface area contributed by atoms with Crippen LogP contribution >= 0.6 is 0 Å². The average molecular weight is 221 g/mol. The lowest BCUT2D eigenvalue weighted by molar-refractivity contribution is 0.0952. The number of nitrogens with one attached hydrogen (secondary N) is 1. The highest BCUT2D eigenvalue weighted by molar-refractivity contribution is 5.96. The molecule has 0 saturated carbocycles. The Morgan fingerprint density at radius 1 is 1.25 bits per heavy atom. The second-order valence-electron chi connectivity index (χ2n) is 4.33. The maximum Gasteiger partial charge on any atom is 0.251 e. The van der Waals surface area contributed by atoms with Gasteiger partial charge in [-0.25, -0.2) is 0 Å². The molecule has 0 unspecified atom stereocenters. The van der Waals surface area contributed by atoms with E-state index in [4.69, 9.17) is 11.5 Å². The molecule has 0 spiro atoms. The Balaban J connectivity index is 2.59. The van der Waals surface area contributed by atoms with Crippen molar-refractivity contribution in [1.29, 1.82) is 0 Å². The fraction of sp³-hybridized carbons (Fsp3) is 0.417. The highest BCUT2D eigenvalue weighted by atomic mass is 16.1. The number of carbonyl (C=O) groups is 1. The third kappa shape index (κ3) is 3.81. The molecule has 0 bridgehead atoms. The summed E-state index contributed by atoms with van der Waals surface area (Å²) < 4.78 is 0. The van der Waals surface area contributed by atoms with E-state index in [-0.39, 0.29) is 5.91 Å². The van der Waals surface area contributed by atoms with Gasteiger partial charge >= 0.3 is 0 Å². The molecule has 0 aliphatic rings. The lowest BCUT2D eigenvalue weighted by Gasteiger charge is -2.08. The summed E-state index contributed by atoms with van der Waals surface area (Å²) in [7, 11) is 0. The zero-order chi connectivity index (χ0) is 12.1. The van der Waals surface area contributed by atoms with E-state index >= 15 is 0 Å². The van der Waals surface area contributed by atoms with Crippen molar-refractivity contribution in [1.82, 2.24) is 5.32 Å². The van der Waals surface area contributed by atoms with Crippen LogP contribution in [0.15, 0.2) is 18.2 Å². The van der Waals surface area contributed by atoms with Gasteiger partial charge in [0.1, 0.15) is 0 Å². The van der Waals surface area contributed by atoms with Crippen molar-refractivity contribution in [2.45, 2.75) is 20.3 Å². The van der Waals surface area contributed by atoms with Gasteiger partial charge in [-0.1, -0.05) is 13.8 Å². The number of rotatable bonds is 4. The molecular formula is C12H19N3O. The van der Waals surface area contributed by atoms with E-state index in [1.54, 1.807) is 18.2 Å². The Kier molecular flexibility index (Phi) is 4.17. The number of amides is 1. The van der Waals surface area contributed by atoms with Crippen LogP contribution in [0.3, 0.4) is 0 Å². The molecule has 16 heavy (non-hydrogen) atoms. The number of hydrogen-bond donors (Lipinski definition) is 3. The maximum absolute atomic E-state index is 11.7. The van der Waals surface area contributed by atoms with E-state index < -0.39 is 0 Å². The highest BCUT2D eigenvalue weighted by Crippen LogP contribution is 2.13. The Hall–Kier alpha value is -1.71. The van der Waals surface area contributed by atoms with Crippen molar-refractivity contribution in [3.05, 3.63) is 23.8 Å². The van der Waals surface area contributed by atoms with Crippen molar-refractivity contribution in [3.8, 4) is 0 Å². The molecule has 0 saturated heterocycles. The number of nitrogens with two attached hydrogens (primary N) is 2. The predicted molar refractivity (Wildman–Crippen MR) is 67.1 cm³/mol. The van der Waals surface area contributed by atoms with Crippen molar-refractivity contribution < 1.29 is 4.79 Å². The average Bonchev–Trinajstić information content (AvgIpc) is 2.15. The second kappa shape index (κ2) is 5.39. The van der Waals surface area contributed by atoms with Gasteiger partial charge in [0.15, 0.2) is 0 Å². The van der Waals surface area contributed by atoms with Gasteiger partial charge in [0.25, 0.3) is 5.91 Å². The maximum atomic E-state index is 11.7. The van der Waals surface area contributed by atoms with E-state index in [0.717, 1.165) is 6.42 Å². The van der Waals surface area contributed by atoms with Gasteiger partial charge in [-0.05, 0) is 30.5 Å². The fourth-order valence-corrected chi connectivity index (χ4v) is 1.38. The first-order valence-electron chi connectivity index (χ1n) is 5.43. The van der Waals surface area contributed by atoms with Gasteiger partial charge in [0, 0.05) is 23.5 Å². The predicted octanol–water partition coefficient (Wildman–Crippen LogP) is 1.63. The smallest absolute Gasteiger partial charge is 0.251 e.